The summed E-state index contributed by atoms with van der Waals surface area (Å²) >= 11 is 4.38. The molecule has 0 heterocycles. The largest absolute Gasteiger partial charge is 0.0980 e. The smallest absolute Gasteiger partial charge is 0.0185 e. The summed E-state index contributed by atoms with van der Waals surface area (Å²) < 4.78 is 3.17. The molecule has 34 valence electrons. The highest BCUT2D eigenvalue weighted by atomic mass is 127. The zero-order valence-electron chi connectivity index (χ0n) is 3.12. The Balaban J connectivity index is 3.50. The topological polar surface area (TPSA) is 0 Å². The molecular formula is C4H4I2. The second-order valence-corrected chi connectivity index (χ2v) is 2.57. The van der Waals surface area contributed by atoms with Crippen molar-refractivity contribution in [3.63, 3.8) is 0 Å². The average Bonchev–Trinajstić information content (AvgIpc) is 1.65. The summed E-state index contributed by atoms with van der Waals surface area (Å²) in [4.78, 5) is 0. The SMILES string of the molecule is C=C/C(I)=C/I. The molecule has 0 spiro atoms. The molecular weight excluding hydrogens is 302 g/mol. The Labute approximate surface area is 65.0 Å². The molecule has 0 bridgehead atoms. The fourth-order valence-electron chi connectivity index (χ4n) is 0.0445. The van der Waals surface area contributed by atoms with E-state index in [4.69, 9.17) is 0 Å². The fraction of sp³-hybridized carbons (Fsp3) is 0. The van der Waals surface area contributed by atoms with Crippen molar-refractivity contribution in [2.45, 2.75) is 0 Å². The van der Waals surface area contributed by atoms with Crippen molar-refractivity contribution in [2.75, 3.05) is 0 Å². The molecule has 6 heavy (non-hydrogen) atoms. The lowest BCUT2D eigenvalue weighted by Gasteiger charge is -1.74. The van der Waals surface area contributed by atoms with Crippen LogP contribution in [0.5, 0.6) is 0 Å². The minimum absolute atomic E-state index is 1.19. The Bertz CT molecular complexity index is 73.6. The van der Waals surface area contributed by atoms with E-state index in [0.29, 0.717) is 0 Å². The Morgan fingerprint density at radius 1 is 1.67 bits per heavy atom. The van der Waals surface area contributed by atoms with Crippen molar-refractivity contribution in [1.29, 1.82) is 0 Å². The van der Waals surface area contributed by atoms with Crippen LogP contribution in [0.4, 0.5) is 0 Å². The van der Waals surface area contributed by atoms with Crippen LogP contribution in [-0.2, 0) is 0 Å². The van der Waals surface area contributed by atoms with Gasteiger partial charge in [-0.15, -0.1) is 0 Å². The molecule has 0 unspecified atom stereocenters. The van der Waals surface area contributed by atoms with Gasteiger partial charge in [0.1, 0.15) is 0 Å². The van der Waals surface area contributed by atoms with Gasteiger partial charge in [-0.05, 0) is 26.7 Å². The van der Waals surface area contributed by atoms with E-state index >= 15 is 0 Å². The number of rotatable bonds is 1. The standard InChI is InChI=1S/C4H4I2/c1-2-4(6)3-5/h2-3H,1H2/b4-3-. The van der Waals surface area contributed by atoms with Gasteiger partial charge in [0.05, 0.1) is 0 Å². The van der Waals surface area contributed by atoms with Crippen LogP contribution in [0.1, 0.15) is 0 Å². The Morgan fingerprint density at radius 2 is 2.17 bits per heavy atom. The molecule has 0 saturated heterocycles. The van der Waals surface area contributed by atoms with Crippen LogP contribution >= 0.6 is 45.2 Å². The number of hydrogen-bond acceptors (Lipinski definition) is 0. The summed E-state index contributed by atoms with van der Waals surface area (Å²) in [5.74, 6) is 0. The van der Waals surface area contributed by atoms with E-state index in [-0.39, 0.29) is 0 Å². The van der Waals surface area contributed by atoms with Gasteiger partial charge in [0.15, 0.2) is 0 Å². The van der Waals surface area contributed by atoms with Crippen LogP contribution in [0, 0.1) is 0 Å². The van der Waals surface area contributed by atoms with Crippen LogP contribution in [0.3, 0.4) is 0 Å². The Morgan fingerprint density at radius 3 is 2.17 bits per heavy atom. The number of halogens is 2. The fourth-order valence-corrected chi connectivity index (χ4v) is 0.299. The van der Waals surface area contributed by atoms with Gasteiger partial charge in [0.2, 0.25) is 0 Å². The monoisotopic (exact) mass is 306 g/mol. The third kappa shape index (κ3) is 3.14. The van der Waals surface area contributed by atoms with Crippen molar-refractivity contribution in [3.05, 3.63) is 20.3 Å². The van der Waals surface area contributed by atoms with E-state index in [1.54, 1.807) is 0 Å². The Hall–Kier alpha value is 0.940. The molecule has 0 rings (SSSR count). The Kier molecular flexibility index (Phi) is 4.75. The van der Waals surface area contributed by atoms with E-state index < -0.39 is 0 Å². The zero-order valence-corrected chi connectivity index (χ0v) is 7.43. The van der Waals surface area contributed by atoms with Gasteiger partial charge in [-0.2, -0.15) is 0 Å². The molecule has 0 aliphatic rings. The second-order valence-electron chi connectivity index (χ2n) is 0.698. The molecule has 0 nitrogen and oxygen atoms in total. The van der Waals surface area contributed by atoms with Crippen molar-refractivity contribution >= 4 is 45.2 Å². The van der Waals surface area contributed by atoms with Gasteiger partial charge < -0.3 is 0 Å². The van der Waals surface area contributed by atoms with Crippen molar-refractivity contribution < 1.29 is 0 Å². The quantitative estimate of drug-likeness (QED) is 0.516. The molecule has 0 N–H and O–H groups in total. The third-order valence-electron chi connectivity index (χ3n) is 0.299. The first kappa shape index (κ1) is 6.94. The summed E-state index contributed by atoms with van der Waals surface area (Å²) in [7, 11) is 0. The molecule has 0 aromatic heterocycles. The van der Waals surface area contributed by atoms with Crippen LogP contribution in [0.2, 0.25) is 0 Å². The first-order valence-corrected chi connectivity index (χ1v) is 3.72. The van der Waals surface area contributed by atoms with Crippen LogP contribution in [-0.4, -0.2) is 0 Å². The highest BCUT2D eigenvalue weighted by molar-refractivity contribution is 14.1. The number of hydrogen-bond donors (Lipinski definition) is 0. The number of allylic oxidation sites excluding steroid dienone is 2. The van der Waals surface area contributed by atoms with E-state index in [2.05, 4.69) is 51.8 Å². The molecule has 0 saturated carbocycles. The highest BCUT2D eigenvalue weighted by Crippen LogP contribution is 2.07. The maximum Gasteiger partial charge on any atom is 0.0185 e. The van der Waals surface area contributed by atoms with Crippen LogP contribution < -0.4 is 0 Å². The minimum Gasteiger partial charge on any atom is -0.0980 e. The van der Waals surface area contributed by atoms with E-state index in [0.717, 1.165) is 0 Å². The molecule has 0 aromatic carbocycles. The molecule has 2 heteroatoms. The van der Waals surface area contributed by atoms with E-state index in [1.807, 2.05) is 10.2 Å². The maximum absolute atomic E-state index is 3.55. The summed E-state index contributed by atoms with van der Waals surface area (Å²) in [6.07, 6.45) is 1.81. The molecule has 0 atom stereocenters. The minimum atomic E-state index is 1.19. The van der Waals surface area contributed by atoms with Crippen molar-refractivity contribution in [3.8, 4) is 0 Å². The lowest BCUT2D eigenvalue weighted by Crippen LogP contribution is -1.46. The van der Waals surface area contributed by atoms with Gasteiger partial charge in [0.25, 0.3) is 0 Å². The molecule has 0 aromatic rings. The maximum atomic E-state index is 3.55. The van der Waals surface area contributed by atoms with Crippen molar-refractivity contribution in [1.82, 2.24) is 0 Å². The van der Waals surface area contributed by atoms with Crippen LogP contribution in [0.25, 0.3) is 0 Å². The first-order valence-electron chi connectivity index (χ1n) is 1.39. The molecule has 0 aliphatic carbocycles. The second kappa shape index (κ2) is 4.11. The van der Waals surface area contributed by atoms with Gasteiger partial charge >= 0.3 is 0 Å². The summed E-state index contributed by atoms with van der Waals surface area (Å²) in [6, 6.07) is 0. The average molecular weight is 306 g/mol. The highest BCUT2D eigenvalue weighted by Gasteiger charge is 1.71. The van der Waals surface area contributed by atoms with Gasteiger partial charge in [0, 0.05) is 3.58 Å². The summed E-state index contributed by atoms with van der Waals surface area (Å²) in [6.45, 7) is 3.55. The predicted molar refractivity (Wildman–Crippen MR) is 46.3 cm³/mol. The molecule has 0 radical (unpaired) electrons. The van der Waals surface area contributed by atoms with Crippen molar-refractivity contribution in [2.24, 2.45) is 0 Å². The lowest BCUT2D eigenvalue weighted by atomic mass is 10.6. The zero-order chi connectivity index (χ0) is 4.99. The molecule has 0 amide bonds. The van der Waals surface area contributed by atoms with Gasteiger partial charge in [-0.1, -0.05) is 35.2 Å². The summed E-state index contributed by atoms with van der Waals surface area (Å²) in [5, 5.41) is 0. The van der Waals surface area contributed by atoms with E-state index in [9.17, 15) is 0 Å². The normalized spacial score (nSPS) is 11.3. The first-order chi connectivity index (χ1) is 2.81. The predicted octanol–water partition coefficient (Wildman–Crippen LogP) is 2.88. The van der Waals surface area contributed by atoms with Gasteiger partial charge in [-0.25, -0.2) is 0 Å². The van der Waals surface area contributed by atoms with Gasteiger partial charge in [-0.3, -0.25) is 0 Å². The molecule has 0 aliphatic heterocycles. The molecule has 0 fully saturated rings. The summed E-state index contributed by atoms with van der Waals surface area (Å²) in [5.41, 5.74) is 0. The lowest BCUT2D eigenvalue weighted by molar-refractivity contribution is 2.10. The third-order valence-corrected chi connectivity index (χ3v) is 2.91. The van der Waals surface area contributed by atoms with E-state index in [1.165, 1.54) is 3.58 Å². The van der Waals surface area contributed by atoms with Crippen LogP contribution in [0.15, 0.2) is 20.3 Å².